The summed E-state index contributed by atoms with van der Waals surface area (Å²) in [5.41, 5.74) is 1.21. The highest BCUT2D eigenvalue weighted by molar-refractivity contribution is 9.10. The highest BCUT2D eigenvalue weighted by atomic mass is 79.9. The van der Waals surface area contributed by atoms with Crippen molar-refractivity contribution in [1.82, 2.24) is 5.32 Å². The number of nitrogens with one attached hydrogen (secondary N) is 1. The second-order valence-corrected chi connectivity index (χ2v) is 5.79. The van der Waals surface area contributed by atoms with E-state index in [0.29, 0.717) is 11.8 Å². The van der Waals surface area contributed by atoms with Gasteiger partial charge in [0.1, 0.15) is 0 Å². The summed E-state index contributed by atoms with van der Waals surface area (Å²) in [5.74, 6) is 0.504. The highest BCUT2D eigenvalue weighted by Gasteiger charge is 2.09. The molecule has 96 valence electrons. The van der Waals surface area contributed by atoms with E-state index in [2.05, 4.69) is 34.2 Å². The largest absolute Gasteiger partial charge is 0.394 e. The smallest absolute Gasteiger partial charge is 0.0864 e. The number of aliphatic hydroxyl groups is 2. The molecule has 0 radical (unpaired) electrons. The molecule has 0 aliphatic carbocycles. The minimum absolute atomic E-state index is 0.191. The maximum absolute atomic E-state index is 9.28. The lowest BCUT2D eigenvalue weighted by atomic mass is 10.1. The van der Waals surface area contributed by atoms with Crippen LogP contribution < -0.4 is 5.32 Å². The van der Waals surface area contributed by atoms with Gasteiger partial charge in [-0.25, -0.2) is 0 Å². The van der Waals surface area contributed by atoms with E-state index in [4.69, 9.17) is 5.11 Å². The molecule has 5 heteroatoms. The SMILES string of the molecule is CNC(C)c1ccc(SCC(O)CO)cc1Br. The Hall–Kier alpha value is -0.0700. The number of benzene rings is 1. The Balaban J connectivity index is 2.68. The van der Waals surface area contributed by atoms with Crippen LogP contribution in [0.4, 0.5) is 0 Å². The molecule has 3 N–H and O–H groups in total. The summed E-state index contributed by atoms with van der Waals surface area (Å²) in [6.45, 7) is 1.91. The predicted octanol–water partition coefficient (Wildman–Crippen LogP) is 2.17. The minimum Gasteiger partial charge on any atom is -0.394 e. The first-order chi connectivity index (χ1) is 8.08. The van der Waals surface area contributed by atoms with E-state index in [1.54, 1.807) is 0 Å². The number of hydrogen-bond donors (Lipinski definition) is 3. The van der Waals surface area contributed by atoms with Gasteiger partial charge in [0.15, 0.2) is 0 Å². The second-order valence-electron chi connectivity index (χ2n) is 3.84. The molecule has 2 atom stereocenters. The molecule has 0 saturated carbocycles. The molecule has 1 aromatic rings. The van der Waals surface area contributed by atoms with Crippen molar-refractivity contribution in [2.75, 3.05) is 19.4 Å². The number of rotatable bonds is 6. The standard InChI is InChI=1S/C12H18BrNO2S/c1-8(14-2)11-4-3-10(5-12(11)13)17-7-9(16)6-15/h3-5,8-9,14-16H,6-7H2,1-2H3. The van der Waals surface area contributed by atoms with Crippen LogP contribution in [0.25, 0.3) is 0 Å². The number of aliphatic hydroxyl groups excluding tert-OH is 2. The Morgan fingerprint density at radius 1 is 1.47 bits per heavy atom. The Bertz CT molecular complexity index is 362. The van der Waals surface area contributed by atoms with Gasteiger partial charge in [0.25, 0.3) is 0 Å². The zero-order valence-corrected chi connectivity index (χ0v) is 12.4. The summed E-state index contributed by atoms with van der Waals surface area (Å²) >= 11 is 5.08. The van der Waals surface area contributed by atoms with E-state index >= 15 is 0 Å². The summed E-state index contributed by atoms with van der Waals surface area (Å²) in [4.78, 5) is 1.08. The maximum Gasteiger partial charge on any atom is 0.0864 e. The minimum atomic E-state index is -0.658. The van der Waals surface area contributed by atoms with E-state index in [1.807, 2.05) is 19.2 Å². The van der Waals surface area contributed by atoms with Crippen LogP contribution in [0.15, 0.2) is 27.6 Å². The van der Waals surface area contributed by atoms with Crippen LogP contribution in [0.3, 0.4) is 0 Å². The normalized spacial score (nSPS) is 14.6. The number of hydrogen-bond acceptors (Lipinski definition) is 4. The Morgan fingerprint density at radius 2 is 2.18 bits per heavy atom. The molecule has 0 aromatic heterocycles. The molecule has 2 unspecified atom stereocenters. The molecule has 17 heavy (non-hydrogen) atoms. The average molecular weight is 320 g/mol. The van der Waals surface area contributed by atoms with Gasteiger partial charge in [0.05, 0.1) is 12.7 Å². The molecular formula is C12H18BrNO2S. The zero-order valence-electron chi connectivity index (χ0n) is 9.98. The molecule has 3 nitrogen and oxygen atoms in total. The van der Waals surface area contributed by atoms with Crippen LogP contribution in [-0.2, 0) is 0 Å². The van der Waals surface area contributed by atoms with Gasteiger partial charge in [-0.3, -0.25) is 0 Å². The Kier molecular flexibility index (Phi) is 6.51. The van der Waals surface area contributed by atoms with Gasteiger partial charge in [-0.1, -0.05) is 22.0 Å². The third-order valence-electron chi connectivity index (χ3n) is 2.52. The monoisotopic (exact) mass is 319 g/mol. The fourth-order valence-electron chi connectivity index (χ4n) is 1.35. The third-order valence-corrected chi connectivity index (χ3v) is 4.35. The first-order valence-electron chi connectivity index (χ1n) is 5.47. The number of halogens is 1. The summed E-state index contributed by atoms with van der Waals surface area (Å²) in [5, 5.41) is 21.2. The van der Waals surface area contributed by atoms with Crippen molar-refractivity contribution in [3.8, 4) is 0 Å². The van der Waals surface area contributed by atoms with Gasteiger partial charge in [0.2, 0.25) is 0 Å². The number of thioether (sulfide) groups is 1. The molecule has 1 aromatic carbocycles. The molecular weight excluding hydrogens is 302 g/mol. The third kappa shape index (κ3) is 4.60. The summed E-state index contributed by atoms with van der Waals surface area (Å²) in [6, 6.07) is 6.44. The van der Waals surface area contributed by atoms with Gasteiger partial charge in [-0.2, -0.15) is 0 Å². The first-order valence-corrected chi connectivity index (χ1v) is 7.24. The molecule has 0 aliphatic rings. The lowest BCUT2D eigenvalue weighted by Crippen LogP contribution is -2.14. The maximum atomic E-state index is 9.28. The Morgan fingerprint density at radius 3 is 2.71 bits per heavy atom. The molecule has 0 fully saturated rings. The molecule has 0 amide bonds. The average Bonchev–Trinajstić information content (AvgIpc) is 2.35. The van der Waals surface area contributed by atoms with E-state index in [9.17, 15) is 5.11 Å². The van der Waals surface area contributed by atoms with E-state index in [0.717, 1.165) is 9.37 Å². The van der Waals surface area contributed by atoms with Crippen molar-refractivity contribution >= 4 is 27.7 Å². The lowest BCUT2D eigenvalue weighted by molar-refractivity contribution is 0.113. The quantitative estimate of drug-likeness (QED) is 0.703. The van der Waals surface area contributed by atoms with Crippen LogP contribution in [0.5, 0.6) is 0 Å². The fourth-order valence-corrected chi connectivity index (χ4v) is 3.08. The van der Waals surface area contributed by atoms with Gasteiger partial charge in [0, 0.05) is 21.2 Å². The second kappa shape index (κ2) is 7.38. The summed E-state index contributed by atoms with van der Waals surface area (Å²) in [6.07, 6.45) is -0.658. The van der Waals surface area contributed by atoms with E-state index in [1.165, 1.54) is 17.3 Å². The van der Waals surface area contributed by atoms with Gasteiger partial charge >= 0.3 is 0 Å². The molecule has 0 heterocycles. The first kappa shape index (κ1) is 15.0. The van der Waals surface area contributed by atoms with Crippen molar-refractivity contribution in [1.29, 1.82) is 0 Å². The Labute approximate surface area is 115 Å². The van der Waals surface area contributed by atoms with Crippen LogP contribution in [0, 0.1) is 0 Å². The molecule has 0 bridgehead atoms. The van der Waals surface area contributed by atoms with Crippen LogP contribution >= 0.6 is 27.7 Å². The molecule has 0 aliphatic heterocycles. The molecule has 1 rings (SSSR count). The lowest BCUT2D eigenvalue weighted by Gasteiger charge is -2.14. The topological polar surface area (TPSA) is 52.5 Å². The van der Waals surface area contributed by atoms with Crippen LogP contribution in [0.1, 0.15) is 18.5 Å². The van der Waals surface area contributed by atoms with Crippen molar-refractivity contribution in [3.05, 3.63) is 28.2 Å². The van der Waals surface area contributed by atoms with Crippen molar-refractivity contribution in [2.24, 2.45) is 0 Å². The van der Waals surface area contributed by atoms with Crippen molar-refractivity contribution in [2.45, 2.75) is 24.0 Å². The van der Waals surface area contributed by atoms with Gasteiger partial charge in [-0.15, -0.1) is 11.8 Å². The summed E-state index contributed by atoms with van der Waals surface area (Å²) in [7, 11) is 1.93. The van der Waals surface area contributed by atoms with E-state index < -0.39 is 6.10 Å². The van der Waals surface area contributed by atoms with E-state index in [-0.39, 0.29) is 6.61 Å². The molecule has 0 spiro atoms. The summed E-state index contributed by atoms with van der Waals surface area (Å²) < 4.78 is 1.06. The van der Waals surface area contributed by atoms with Crippen molar-refractivity contribution < 1.29 is 10.2 Å². The zero-order chi connectivity index (χ0) is 12.8. The van der Waals surface area contributed by atoms with Gasteiger partial charge in [-0.05, 0) is 31.7 Å². The van der Waals surface area contributed by atoms with Crippen molar-refractivity contribution in [3.63, 3.8) is 0 Å². The van der Waals surface area contributed by atoms with Gasteiger partial charge < -0.3 is 15.5 Å². The molecule has 0 saturated heterocycles. The predicted molar refractivity (Wildman–Crippen MR) is 75.4 cm³/mol. The van der Waals surface area contributed by atoms with Crippen LogP contribution in [0.2, 0.25) is 0 Å². The van der Waals surface area contributed by atoms with Crippen LogP contribution in [-0.4, -0.2) is 35.7 Å². The highest BCUT2D eigenvalue weighted by Crippen LogP contribution is 2.29. The fraction of sp³-hybridized carbons (Fsp3) is 0.500.